The van der Waals surface area contributed by atoms with Crippen molar-refractivity contribution < 1.29 is 13.2 Å². The third-order valence-electron chi connectivity index (χ3n) is 3.86. The fraction of sp³-hybridized carbons (Fsp3) is 0.600. The van der Waals surface area contributed by atoms with Crippen LogP contribution in [0.25, 0.3) is 0 Å². The van der Waals surface area contributed by atoms with Crippen LogP contribution in [0, 0.1) is 0 Å². The fourth-order valence-corrected chi connectivity index (χ4v) is 2.97. The van der Waals surface area contributed by atoms with Crippen molar-refractivity contribution in [3.05, 3.63) is 35.9 Å². The summed E-state index contributed by atoms with van der Waals surface area (Å²) in [6.45, 7) is 3.73. The maximum atomic E-state index is 13.5. The van der Waals surface area contributed by atoms with Gasteiger partial charge in [-0.05, 0) is 31.5 Å². The molecule has 0 radical (unpaired) electrons. The molecular weight excluding hydrogens is 265 g/mol. The van der Waals surface area contributed by atoms with Crippen LogP contribution in [-0.4, -0.2) is 36.8 Å². The molecule has 1 N–H and O–H groups in total. The van der Waals surface area contributed by atoms with Crippen LogP contribution in [-0.2, 0) is 0 Å². The van der Waals surface area contributed by atoms with Gasteiger partial charge in [-0.2, -0.15) is 13.2 Å². The average Bonchev–Trinajstić information content (AvgIpc) is 2.45. The predicted molar refractivity (Wildman–Crippen MR) is 73.5 cm³/mol. The minimum absolute atomic E-state index is 0.0550. The molecule has 0 aliphatic carbocycles. The molecule has 2 nitrogen and oxygen atoms in total. The van der Waals surface area contributed by atoms with Gasteiger partial charge in [0.05, 0.1) is 0 Å². The average molecular weight is 286 g/mol. The molecule has 1 aromatic rings. The lowest BCUT2D eigenvalue weighted by atomic mass is 9.99. The summed E-state index contributed by atoms with van der Waals surface area (Å²) in [5, 5.41) is 3.20. The van der Waals surface area contributed by atoms with Crippen molar-refractivity contribution in [3.8, 4) is 0 Å². The zero-order valence-electron chi connectivity index (χ0n) is 11.7. The highest BCUT2D eigenvalue weighted by Crippen LogP contribution is 2.39. The summed E-state index contributed by atoms with van der Waals surface area (Å²) in [6, 6.07) is 6.64. The molecule has 0 spiro atoms. The van der Waals surface area contributed by atoms with E-state index in [4.69, 9.17) is 0 Å². The Bertz CT molecular complexity index is 399. The van der Waals surface area contributed by atoms with Gasteiger partial charge in [-0.25, -0.2) is 0 Å². The molecule has 2 unspecified atom stereocenters. The van der Waals surface area contributed by atoms with E-state index < -0.39 is 12.2 Å². The smallest absolute Gasteiger partial charge is 0.315 e. The van der Waals surface area contributed by atoms with E-state index in [-0.39, 0.29) is 6.04 Å². The Kier molecular flexibility index (Phi) is 5.05. The molecule has 5 heteroatoms. The Morgan fingerprint density at radius 2 is 2.00 bits per heavy atom. The highest BCUT2D eigenvalue weighted by Gasteiger charge is 2.46. The Labute approximate surface area is 118 Å². The number of rotatable bonds is 4. The van der Waals surface area contributed by atoms with Crippen molar-refractivity contribution in [1.29, 1.82) is 0 Å². The van der Waals surface area contributed by atoms with Crippen molar-refractivity contribution in [2.24, 2.45) is 0 Å². The number of likely N-dealkylation sites (N-methyl/N-ethyl adjacent to an activating group) is 1. The van der Waals surface area contributed by atoms with Crippen LogP contribution in [0.5, 0.6) is 0 Å². The second-order valence-electron chi connectivity index (χ2n) is 5.19. The number of alkyl halides is 3. The van der Waals surface area contributed by atoms with E-state index in [0.717, 1.165) is 19.4 Å². The normalized spacial score (nSPS) is 21.9. The molecule has 1 aliphatic rings. The highest BCUT2D eigenvalue weighted by atomic mass is 19.4. The molecule has 2 atom stereocenters. The third-order valence-corrected chi connectivity index (χ3v) is 3.86. The van der Waals surface area contributed by atoms with Crippen LogP contribution in [0.1, 0.15) is 31.4 Å². The predicted octanol–water partition coefficient (Wildman–Crippen LogP) is 3.36. The molecule has 1 aromatic carbocycles. The van der Waals surface area contributed by atoms with Crippen molar-refractivity contribution in [2.45, 2.75) is 38.0 Å². The number of benzene rings is 1. The number of hydrogen-bond donors (Lipinski definition) is 1. The molecule has 0 amide bonds. The third kappa shape index (κ3) is 3.52. The van der Waals surface area contributed by atoms with Gasteiger partial charge in [-0.1, -0.05) is 37.3 Å². The van der Waals surface area contributed by atoms with E-state index in [1.807, 2.05) is 0 Å². The van der Waals surface area contributed by atoms with Gasteiger partial charge in [-0.15, -0.1) is 0 Å². The minimum atomic E-state index is -4.26. The molecular formula is C15H21F3N2. The molecule has 20 heavy (non-hydrogen) atoms. The lowest BCUT2D eigenvalue weighted by Gasteiger charge is -2.40. The Morgan fingerprint density at radius 3 is 2.50 bits per heavy atom. The molecule has 112 valence electrons. The largest absolute Gasteiger partial charge is 0.408 e. The number of hydrogen-bond acceptors (Lipinski definition) is 2. The number of nitrogens with zero attached hydrogens (tertiary/aromatic N) is 1. The van der Waals surface area contributed by atoms with Crippen LogP contribution < -0.4 is 5.32 Å². The first kappa shape index (κ1) is 15.3. The topological polar surface area (TPSA) is 15.3 Å². The van der Waals surface area contributed by atoms with Crippen LogP contribution in [0.4, 0.5) is 13.2 Å². The van der Waals surface area contributed by atoms with E-state index in [1.54, 1.807) is 42.2 Å². The molecule has 0 bridgehead atoms. The van der Waals surface area contributed by atoms with E-state index in [1.165, 1.54) is 0 Å². The van der Waals surface area contributed by atoms with Crippen LogP contribution in [0.3, 0.4) is 0 Å². The van der Waals surface area contributed by atoms with Crippen molar-refractivity contribution in [1.82, 2.24) is 10.2 Å². The van der Waals surface area contributed by atoms with Gasteiger partial charge in [0.25, 0.3) is 0 Å². The highest BCUT2D eigenvalue weighted by molar-refractivity contribution is 5.21. The van der Waals surface area contributed by atoms with E-state index in [2.05, 4.69) is 5.32 Å². The first-order chi connectivity index (χ1) is 9.54. The van der Waals surface area contributed by atoms with Crippen LogP contribution in [0.2, 0.25) is 0 Å². The van der Waals surface area contributed by atoms with E-state index in [0.29, 0.717) is 18.7 Å². The molecule has 0 aromatic heterocycles. The summed E-state index contributed by atoms with van der Waals surface area (Å²) in [5.41, 5.74) is 0.326. The quantitative estimate of drug-likeness (QED) is 0.913. The zero-order valence-corrected chi connectivity index (χ0v) is 11.7. The summed E-state index contributed by atoms with van der Waals surface area (Å²) in [6.07, 6.45) is -2.50. The van der Waals surface area contributed by atoms with E-state index in [9.17, 15) is 13.2 Å². The second-order valence-corrected chi connectivity index (χ2v) is 5.19. The fourth-order valence-electron chi connectivity index (χ4n) is 2.97. The zero-order chi connectivity index (χ0) is 14.6. The summed E-state index contributed by atoms with van der Waals surface area (Å²) in [5.74, 6) is 0. The first-order valence-electron chi connectivity index (χ1n) is 7.12. The van der Waals surface area contributed by atoms with Crippen molar-refractivity contribution in [2.75, 3.05) is 19.6 Å². The van der Waals surface area contributed by atoms with Gasteiger partial charge in [0.15, 0.2) is 0 Å². The molecule has 1 aliphatic heterocycles. The van der Waals surface area contributed by atoms with Gasteiger partial charge in [-0.3, -0.25) is 4.90 Å². The molecule has 1 saturated heterocycles. The molecule has 2 rings (SSSR count). The number of piperidine rings is 1. The SMILES string of the molecule is CCN(C1CCCNC1)C(c1ccccc1)C(F)(F)F. The van der Waals surface area contributed by atoms with Crippen molar-refractivity contribution in [3.63, 3.8) is 0 Å². The maximum absolute atomic E-state index is 13.5. The van der Waals surface area contributed by atoms with Gasteiger partial charge >= 0.3 is 6.18 Å². The molecule has 1 heterocycles. The Balaban J connectivity index is 2.29. The summed E-state index contributed by atoms with van der Waals surface area (Å²) < 4.78 is 40.6. The minimum Gasteiger partial charge on any atom is -0.315 e. The van der Waals surface area contributed by atoms with Crippen molar-refractivity contribution >= 4 is 0 Å². The van der Waals surface area contributed by atoms with Gasteiger partial charge in [0, 0.05) is 12.6 Å². The monoisotopic (exact) mass is 286 g/mol. The number of nitrogens with one attached hydrogen (secondary N) is 1. The second kappa shape index (κ2) is 6.59. The summed E-state index contributed by atoms with van der Waals surface area (Å²) in [7, 11) is 0. The van der Waals surface area contributed by atoms with Crippen LogP contribution >= 0.6 is 0 Å². The standard InChI is InChI=1S/C15H21F3N2/c1-2-20(13-9-6-10-19-11-13)14(15(16,17)18)12-7-4-3-5-8-12/h3-5,7-8,13-14,19H,2,6,9-11H2,1H3. The Hall–Kier alpha value is -1.07. The lowest BCUT2D eigenvalue weighted by Crippen LogP contribution is -2.50. The summed E-state index contributed by atoms with van der Waals surface area (Å²) in [4.78, 5) is 1.58. The van der Waals surface area contributed by atoms with Gasteiger partial charge < -0.3 is 5.32 Å². The maximum Gasteiger partial charge on any atom is 0.408 e. The lowest BCUT2D eigenvalue weighted by molar-refractivity contribution is -0.193. The van der Waals surface area contributed by atoms with Crippen LogP contribution in [0.15, 0.2) is 30.3 Å². The molecule has 1 fully saturated rings. The summed E-state index contributed by atoms with van der Waals surface area (Å²) >= 11 is 0. The Morgan fingerprint density at radius 1 is 1.30 bits per heavy atom. The van der Waals surface area contributed by atoms with Gasteiger partial charge in [0.2, 0.25) is 0 Å². The first-order valence-corrected chi connectivity index (χ1v) is 7.12. The van der Waals surface area contributed by atoms with Gasteiger partial charge in [0.1, 0.15) is 6.04 Å². The molecule has 0 saturated carbocycles. The number of halogens is 3. The van der Waals surface area contributed by atoms with E-state index >= 15 is 0 Å².